The summed E-state index contributed by atoms with van der Waals surface area (Å²) in [5.41, 5.74) is 0. The fourth-order valence-corrected chi connectivity index (χ4v) is 1.54. The average molecular weight is 252 g/mol. The van der Waals surface area contributed by atoms with E-state index in [1.54, 1.807) is 26.4 Å². The molecule has 0 N–H and O–H groups in total. The smallest absolute Gasteiger partial charge is 0.138 e. The van der Waals surface area contributed by atoms with Gasteiger partial charge in [0.15, 0.2) is 0 Å². The molecule has 0 saturated carbocycles. The highest BCUT2D eigenvalue weighted by Crippen LogP contribution is 2.35. The highest BCUT2D eigenvalue weighted by Gasteiger charge is 2.06. The van der Waals surface area contributed by atoms with E-state index in [0.29, 0.717) is 16.5 Å². The second kappa shape index (κ2) is 4.01. The molecule has 0 spiro atoms. The van der Waals surface area contributed by atoms with Crippen molar-refractivity contribution in [2.75, 3.05) is 14.2 Å². The molecule has 4 heteroatoms. The number of halogens is 2. The molecule has 0 unspecified atom stereocenters. The van der Waals surface area contributed by atoms with Gasteiger partial charge < -0.3 is 9.47 Å². The molecular weight excluding hydrogens is 243 g/mol. The largest absolute Gasteiger partial charge is 0.496 e. The molecule has 0 amide bonds. The van der Waals surface area contributed by atoms with Crippen molar-refractivity contribution >= 4 is 27.5 Å². The van der Waals surface area contributed by atoms with Crippen molar-refractivity contribution in [1.82, 2.24) is 0 Å². The molecule has 2 nitrogen and oxygen atoms in total. The standard InChI is InChI=1S/C8H8BrClO2/c1-11-7-4-6(10)8(12-2)3-5(7)9/h3-4H,1-2H3. The molecule has 0 fully saturated rings. The zero-order valence-corrected chi connectivity index (χ0v) is 9.07. The summed E-state index contributed by atoms with van der Waals surface area (Å²) < 4.78 is 10.9. The molecule has 12 heavy (non-hydrogen) atoms. The van der Waals surface area contributed by atoms with Gasteiger partial charge in [-0.3, -0.25) is 0 Å². The van der Waals surface area contributed by atoms with Crippen molar-refractivity contribution < 1.29 is 9.47 Å². The predicted molar refractivity (Wildman–Crippen MR) is 52.3 cm³/mol. The first-order valence-corrected chi connectivity index (χ1v) is 4.43. The molecule has 0 atom stereocenters. The van der Waals surface area contributed by atoms with Crippen LogP contribution in [0.5, 0.6) is 11.5 Å². The lowest BCUT2D eigenvalue weighted by Gasteiger charge is -2.07. The highest BCUT2D eigenvalue weighted by molar-refractivity contribution is 9.10. The summed E-state index contributed by atoms with van der Waals surface area (Å²) in [4.78, 5) is 0. The Bertz CT molecular complexity index is 259. The van der Waals surface area contributed by atoms with Gasteiger partial charge in [0.25, 0.3) is 0 Å². The molecule has 66 valence electrons. The third-order valence-electron chi connectivity index (χ3n) is 1.43. The van der Waals surface area contributed by atoms with Crippen molar-refractivity contribution in [2.24, 2.45) is 0 Å². The van der Waals surface area contributed by atoms with E-state index >= 15 is 0 Å². The number of benzene rings is 1. The minimum Gasteiger partial charge on any atom is -0.496 e. The Hall–Kier alpha value is -0.410. The number of methoxy groups -OCH3 is 2. The maximum absolute atomic E-state index is 5.85. The predicted octanol–water partition coefficient (Wildman–Crippen LogP) is 3.12. The van der Waals surface area contributed by atoms with Gasteiger partial charge in [-0.15, -0.1) is 0 Å². The summed E-state index contributed by atoms with van der Waals surface area (Å²) in [6, 6.07) is 3.46. The maximum Gasteiger partial charge on any atom is 0.138 e. The van der Waals surface area contributed by atoms with Crippen LogP contribution in [0, 0.1) is 0 Å². The summed E-state index contributed by atoms with van der Waals surface area (Å²) in [6.07, 6.45) is 0. The van der Waals surface area contributed by atoms with Crippen molar-refractivity contribution in [2.45, 2.75) is 0 Å². The fourth-order valence-electron chi connectivity index (χ4n) is 0.823. The third-order valence-corrected chi connectivity index (χ3v) is 2.34. The SMILES string of the molecule is COc1cc(Br)c(OC)cc1Cl. The lowest BCUT2D eigenvalue weighted by molar-refractivity contribution is 0.401. The summed E-state index contributed by atoms with van der Waals surface area (Å²) >= 11 is 9.17. The molecule has 0 aliphatic carbocycles. The first-order valence-electron chi connectivity index (χ1n) is 3.26. The van der Waals surface area contributed by atoms with Gasteiger partial charge in [0.2, 0.25) is 0 Å². The van der Waals surface area contributed by atoms with Crippen LogP contribution in [0.15, 0.2) is 16.6 Å². The summed E-state index contributed by atoms with van der Waals surface area (Å²) in [5.74, 6) is 1.32. The van der Waals surface area contributed by atoms with Crippen molar-refractivity contribution in [3.8, 4) is 11.5 Å². The minimum atomic E-state index is 0.539. The van der Waals surface area contributed by atoms with E-state index < -0.39 is 0 Å². The van der Waals surface area contributed by atoms with Crippen LogP contribution < -0.4 is 9.47 Å². The minimum absolute atomic E-state index is 0.539. The Morgan fingerprint density at radius 2 is 1.75 bits per heavy atom. The Labute approximate surface area is 84.6 Å². The highest BCUT2D eigenvalue weighted by atomic mass is 79.9. The van der Waals surface area contributed by atoms with Crippen LogP contribution in [0.1, 0.15) is 0 Å². The fraction of sp³-hybridized carbons (Fsp3) is 0.250. The summed E-state index contributed by atoms with van der Waals surface area (Å²) in [5, 5.41) is 0.539. The lowest BCUT2D eigenvalue weighted by Crippen LogP contribution is -1.88. The molecule has 0 radical (unpaired) electrons. The van der Waals surface area contributed by atoms with Crippen LogP contribution in [0.2, 0.25) is 5.02 Å². The quantitative estimate of drug-likeness (QED) is 0.804. The van der Waals surface area contributed by atoms with E-state index in [4.69, 9.17) is 21.1 Å². The topological polar surface area (TPSA) is 18.5 Å². The van der Waals surface area contributed by atoms with Gasteiger partial charge in [-0.2, -0.15) is 0 Å². The second-order valence-electron chi connectivity index (χ2n) is 2.12. The van der Waals surface area contributed by atoms with Gasteiger partial charge in [0.05, 0.1) is 23.7 Å². The molecule has 1 aromatic rings. The van der Waals surface area contributed by atoms with Crippen LogP contribution in [-0.2, 0) is 0 Å². The Morgan fingerprint density at radius 3 is 2.25 bits per heavy atom. The monoisotopic (exact) mass is 250 g/mol. The molecule has 0 saturated heterocycles. The van der Waals surface area contributed by atoms with E-state index in [1.165, 1.54) is 0 Å². The Kier molecular flexibility index (Phi) is 3.23. The van der Waals surface area contributed by atoms with Gasteiger partial charge in [-0.05, 0) is 22.0 Å². The second-order valence-corrected chi connectivity index (χ2v) is 3.38. The zero-order chi connectivity index (χ0) is 9.14. The van der Waals surface area contributed by atoms with Gasteiger partial charge >= 0.3 is 0 Å². The van der Waals surface area contributed by atoms with E-state index in [1.807, 2.05) is 0 Å². The molecule has 0 aromatic heterocycles. The van der Waals surface area contributed by atoms with Gasteiger partial charge in [0.1, 0.15) is 11.5 Å². The van der Waals surface area contributed by atoms with Crippen molar-refractivity contribution in [3.05, 3.63) is 21.6 Å². The van der Waals surface area contributed by atoms with Crippen LogP contribution in [0.3, 0.4) is 0 Å². The molecule has 1 aromatic carbocycles. The van der Waals surface area contributed by atoms with Gasteiger partial charge in [-0.1, -0.05) is 11.6 Å². The summed E-state index contributed by atoms with van der Waals surface area (Å²) in [6.45, 7) is 0. The molecule has 1 rings (SSSR count). The van der Waals surface area contributed by atoms with Crippen LogP contribution in [0.4, 0.5) is 0 Å². The molecule has 0 aliphatic rings. The molecule has 0 aliphatic heterocycles. The van der Waals surface area contributed by atoms with Crippen molar-refractivity contribution in [3.63, 3.8) is 0 Å². The maximum atomic E-state index is 5.85. The van der Waals surface area contributed by atoms with Crippen LogP contribution in [0.25, 0.3) is 0 Å². The van der Waals surface area contributed by atoms with Gasteiger partial charge in [0, 0.05) is 6.07 Å². The average Bonchev–Trinajstić information content (AvgIpc) is 2.08. The van der Waals surface area contributed by atoms with E-state index in [0.717, 1.165) is 4.47 Å². The lowest BCUT2D eigenvalue weighted by atomic mass is 10.3. The van der Waals surface area contributed by atoms with E-state index in [9.17, 15) is 0 Å². The Morgan fingerprint density at radius 1 is 1.17 bits per heavy atom. The molecule has 0 heterocycles. The number of rotatable bonds is 2. The molecular formula is C8H8BrClO2. The van der Waals surface area contributed by atoms with Crippen molar-refractivity contribution in [1.29, 1.82) is 0 Å². The van der Waals surface area contributed by atoms with E-state index in [-0.39, 0.29) is 0 Å². The van der Waals surface area contributed by atoms with E-state index in [2.05, 4.69) is 15.9 Å². The zero-order valence-electron chi connectivity index (χ0n) is 6.73. The summed E-state index contributed by atoms with van der Waals surface area (Å²) in [7, 11) is 3.16. The first kappa shape index (κ1) is 9.68. The third kappa shape index (κ3) is 1.84. The number of hydrogen-bond donors (Lipinski definition) is 0. The number of hydrogen-bond acceptors (Lipinski definition) is 2. The Balaban J connectivity index is 3.16. The number of ether oxygens (including phenoxy) is 2. The molecule has 0 bridgehead atoms. The first-order chi connectivity index (χ1) is 5.69. The van der Waals surface area contributed by atoms with Crippen LogP contribution in [-0.4, -0.2) is 14.2 Å². The normalized spacial score (nSPS) is 9.67. The van der Waals surface area contributed by atoms with Crippen LogP contribution >= 0.6 is 27.5 Å². The van der Waals surface area contributed by atoms with Gasteiger partial charge in [-0.25, -0.2) is 0 Å².